The van der Waals surface area contributed by atoms with Crippen molar-refractivity contribution in [3.63, 3.8) is 0 Å². The molecule has 26 heavy (non-hydrogen) atoms. The van der Waals surface area contributed by atoms with Gasteiger partial charge in [-0.3, -0.25) is 9.59 Å². The first-order valence-corrected chi connectivity index (χ1v) is 7.19. The van der Waals surface area contributed by atoms with Crippen LogP contribution >= 0.6 is 0 Å². The maximum absolute atomic E-state index is 10.3. The van der Waals surface area contributed by atoms with E-state index in [0.717, 1.165) is 0 Å². The van der Waals surface area contributed by atoms with E-state index >= 15 is 0 Å². The van der Waals surface area contributed by atoms with Crippen LogP contribution in [0.1, 0.15) is 12.8 Å². The third-order valence-corrected chi connectivity index (χ3v) is 3.02. The number of aliphatic carboxylic acids is 3. The second-order valence-corrected chi connectivity index (χ2v) is 5.33. The highest BCUT2D eigenvalue weighted by atomic mass is 16.4. The molecule has 0 bridgehead atoms. The largest absolute Gasteiger partial charge is 0.481 e. The first-order valence-electron chi connectivity index (χ1n) is 7.19. The van der Waals surface area contributed by atoms with E-state index in [9.17, 15) is 19.5 Å². The molecule has 0 saturated carbocycles. The number of rotatable bonds is 11. The molecular formula is C13H25NO12. The molecule has 0 spiro atoms. The number of aliphatic hydroxyl groups is 6. The average molecular weight is 387 g/mol. The number of hydrogen-bond acceptors (Lipinski definition) is 10. The lowest BCUT2D eigenvalue weighted by Gasteiger charge is -2.25. The summed E-state index contributed by atoms with van der Waals surface area (Å²) in [7, 11) is 1.57. The lowest BCUT2D eigenvalue weighted by atomic mass is 9.96. The van der Waals surface area contributed by atoms with E-state index in [-0.39, 0.29) is 6.54 Å². The number of carbonyl (C=O) groups is 3. The number of nitrogens with one attached hydrogen (secondary N) is 1. The Hall–Kier alpha value is -1.87. The fourth-order valence-electron chi connectivity index (χ4n) is 1.61. The van der Waals surface area contributed by atoms with E-state index in [1.165, 1.54) is 0 Å². The van der Waals surface area contributed by atoms with Gasteiger partial charge in [-0.15, -0.1) is 0 Å². The summed E-state index contributed by atoms with van der Waals surface area (Å²) in [4.78, 5) is 30.5. The fraction of sp³-hybridized carbons (Fsp3) is 0.769. The maximum Gasteiger partial charge on any atom is 0.336 e. The molecule has 0 aromatic carbocycles. The van der Waals surface area contributed by atoms with E-state index in [1.807, 2.05) is 0 Å². The summed E-state index contributed by atoms with van der Waals surface area (Å²) >= 11 is 0. The molecule has 4 atom stereocenters. The monoisotopic (exact) mass is 387 g/mol. The van der Waals surface area contributed by atoms with Gasteiger partial charge in [-0.2, -0.15) is 0 Å². The van der Waals surface area contributed by atoms with Crippen molar-refractivity contribution in [2.75, 3.05) is 20.2 Å². The van der Waals surface area contributed by atoms with Crippen LogP contribution in [0, 0.1) is 0 Å². The molecule has 0 radical (unpaired) electrons. The number of aliphatic hydroxyl groups excluding tert-OH is 5. The van der Waals surface area contributed by atoms with Crippen molar-refractivity contribution in [3.05, 3.63) is 0 Å². The number of carboxylic acid groups (broad SMARTS) is 3. The van der Waals surface area contributed by atoms with Crippen LogP contribution in [0.3, 0.4) is 0 Å². The molecule has 0 heterocycles. The molecule has 0 aliphatic rings. The summed E-state index contributed by atoms with van der Waals surface area (Å²) in [5.74, 6) is -5.02. The quantitative estimate of drug-likeness (QED) is 0.160. The van der Waals surface area contributed by atoms with Crippen molar-refractivity contribution in [2.24, 2.45) is 0 Å². The van der Waals surface area contributed by atoms with E-state index in [4.69, 9.17) is 40.9 Å². The van der Waals surface area contributed by atoms with Crippen LogP contribution in [0.15, 0.2) is 0 Å². The zero-order chi connectivity index (χ0) is 21.1. The van der Waals surface area contributed by atoms with Crippen molar-refractivity contribution in [2.45, 2.75) is 42.9 Å². The Morgan fingerprint density at radius 3 is 1.54 bits per heavy atom. The van der Waals surface area contributed by atoms with Gasteiger partial charge in [0, 0.05) is 6.54 Å². The maximum atomic E-state index is 10.3. The summed E-state index contributed by atoms with van der Waals surface area (Å²) < 4.78 is 0. The standard InChI is InChI=1S/C7H17NO5.C6H8O7/c1-8-2-4(10)6(12)7(13)5(11)3-9;7-3(8)1-6(13,5(11)12)2-4(9)10/h4-13H,2-3H2,1H3;13H,1-2H2,(H,7,8)(H,9,10)(H,11,12)/t4-,5+,6+,7+;/m0./s1. The smallest absolute Gasteiger partial charge is 0.336 e. The minimum absolute atomic E-state index is 0.0936. The van der Waals surface area contributed by atoms with Crippen molar-refractivity contribution >= 4 is 17.9 Å². The van der Waals surface area contributed by atoms with Gasteiger partial charge in [-0.25, -0.2) is 4.79 Å². The molecule has 0 aromatic rings. The van der Waals surface area contributed by atoms with Gasteiger partial charge in [0.2, 0.25) is 0 Å². The minimum atomic E-state index is -2.74. The van der Waals surface area contributed by atoms with E-state index in [2.05, 4.69) is 5.32 Å². The van der Waals surface area contributed by atoms with Crippen molar-refractivity contribution < 1.29 is 60.3 Å². The van der Waals surface area contributed by atoms with E-state index < -0.39 is 67.4 Å². The average Bonchev–Trinajstić information content (AvgIpc) is 2.51. The molecule has 10 N–H and O–H groups in total. The van der Waals surface area contributed by atoms with Gasteiger partial charge >= 0.3 is 17.9 Å². The lowest BCUT2D eigenvalue weighted by molar-refractivity contribution is -0.170. The summed E-state index contributed by atoms with van der Waals surface area (Å²) in [5, 5.41) is 81.3. The molecule has 0 aromatic heterocycles. The third-order valence-electron chi connectivity index (χ3n) is 3.02. The highest BCUT2D eigenvalue weighted by Crippen LogP contribution is 2.15. The van der Waals surface area contributed by atoms with Crippen molar-refractivity contribution in [3.8, 4) is 0 Å². The van der Waals surface area contributed by atoms with Gasteiger partial charge in [-0.1, -0.05) is 0 Å². The lowest BCUT2D eigenvalue weighted by Crippen LogP contribution is -2.48. The second kappa shape index (κ2) is 12.5. The SMILES string of the molecule is CNC[C@H](O)[C@@H](O)[C@H](O)[C@H](O)CO.O=C(O)CC(O)(CC(=O)O)C(=O)O. The highest BCUT2D eigenvalue weighted by molar-refractivity contribution is 5.88. The molecule has 13 nitrogen and oxygen atoms in total. The fourth-order valence-corrected chi connectivity index (χ4v) is 1.61. The third kappa shape index (κ3) is 10.2. The summed E-state index contributed by atoms with van der Waals surface area (Å²) in [6.45, 7) is -0.569. The minimum Gasteiger partial charge on any atom is -0.481 e. The number of carboxylic acids is 3. The van der Waals surface area contributed by atoms with Crippen LogP contribution < -0.4 is 5.32 Å². The Balaban J connectivity index is 0. The van der Waals surface area contributed by atoms with Gasteiger partial charge in [-0.05, 0) is 7.05 Å². The van der Waals surface area contributed by atoms with Gasteiger partial charge in [0.15, 0.2) is 5.60 Å². The molecule has 0 fully saturated rings. The van der Waals surface area contributed by atoms with Crippen LogP contribution in [0.5, 0.6) is 0 Å². The van der Waals surface area contributed by atoms with Crippen molar-refractivity contribution in [1.29, 1.82) is 0 Å². The van der Waals surface area contributed by atoms with Crippen molar-refractivity contribution in [1.82, 2.24) is 5.32 Å². The van der Waals surface area contributed by atoms with Crippen LogP contribution in [0.4, 0.5) is 0 Å². The second-order valence-electron chi connectivity index (χ2n) is 5.33. The Kier molecular flexibility index (Phi) is 12.7. The molecular weight excluding hydrogens is 362 g/mol. The molecule has 0 aliphatic heterocycles. The van der Waals surface area contributed by atoms with Gasteiger partial charge in [0.1, 0.15) is 18.3 Å². The van der Waals surface area contributed by atoms with Gasteiger partial charge < -0.3 is 51.3 Å². The molecule has 0 rings (SSSR count). The molecule has 154 valence electrons. The van der Waals surface area contributed by atoms with E-state index in [0.29, 0.717) is 0 Å². The van der Waals surface area contributed by atoms with Crippen LogP contribution in [0.25, 0.3) is 0 Å². The van der Waals surface area contributed by atoms with Crippen LogP contribution in [-0.2, 0) is 14.4 Å². The molecule has 13 heteroatoms. The topological polar surface area (TPSA) is 245 Å². The first kappa shape index (κ1) is 26.4. The predicted molar refractivity (Wildman–Crippen MR) is 82.1 cm³/mol. The Morgan fingerprint density at radius 2 is 1.27 bits per heavy atom. The molecule has 0 aliphatic carbocycles. The Bertz CT molecular complexity index is 440. The predicted octanol–water partition coefficient (Wildman–Crippen LogP) is -4.61. The molecule has 0 unspecified atom stereocenters. The van der Waals surface area contributed by atoms with Gasteiger partial charge in [0.05, 0.1) is 25.6 Å². The molecule has 0 amide bonds. The number of hydrogen-bond donors (Lipinski definition) is 10. The zero-order valence-electron chi connectivity index (χ0n) is 13.9. The Morgan fingerprint density at radius 1 is 0.885 bits per heavy atom. The molecule has 0 saturated heterocycles. The number of likely N-dealkylation sites (N-methyl/N-ethyl adjacent to an activating group) is 1. The summed E-state index contributed by atoms with van der Waals surface area (Å²) in [6, 6.07) is 0. The summed E-state index contributed by atoms with van der Waals surface area (Å²) in [5.41, 5.74) is -2.74. The zero-order valence-corrected chi connectivity index (χ0v) is 13.9. The van der Waals surface area contributed by atoms with Crippen LogP contribution in [-0.4, -0.2) is 114 Å². The normalized spacial score (nSPS) is 15.8. The Labute approximate surface area is 147 Å². The summed E-state index contributed by atoms with van der Waals surface area (Å²) in [6.07, 6.45) is -7.94. The van der Waals surface area contributed by atoms with E-state index in [1.54, 1.807) is 7.05 Å². The van der Waals surface area contributed by atoms with Gasteiger partial charge in [0.25, 0.3) is 0 Å². The van der Waals surface area contributed by atoms with Crippen LogP contribution in [0.2, 0.25) is 0 Å². The highest BCUT2D eigenvalue weighted by Gasteiger charge is 2.40. The first-order chi connectivity index (χ1) is 11.8.